The Bertz CT molecular complexity index is 1630. The Morgan fingerprint density at radius 3 is 2.23 bits per heavy atom. The van der Waals surface area contributed by atoms with Crippen molar-refractivity contribution in [2.75, 3.05) is 14.2 Å². The van der Waals surface area contributed by atoms with E-state index in [1.807, 2.05) is 24.3 Å². The summed E-state index contributed by atoms with van der Waals surface area (Å²) in [5.41, 5.74) is 1.10. The lowest BCUT2D eigenvalue weighted by Gasteiger charge is -2.13. The second-order valence-corrected chi connectivity index (χ2v) is 7.83. The fourth-order valence-electron chi connectivity index (χ4n) is 3.87. The summed E-state index contributed by atoms with van der Waals surface area (Å²) in [4.78, 5) is 35.8. The van der Waals surface area contributed by atoms with Crippen LogP contribution in [-0.4, -0.2) is 33.3 Å². The van der Waals surface area contributed by atoms with Crippen molar-refractivity contribution in [3.05, 3.63) is 99.2 Å². The molecule has 0 unspecified atom stereocenters. The van der Waals surface area contributed by atoms with E-state index < -0.39 is 11.2 Å². The second kappa shape index (κ2) is 8.94. The van der Waals surface area contributed by atoms with Gasteiger partial charge in [-0.05, 0) is 67.6 Å². The molecule has 0 saturated carbocycles. The Balaban J connectivity index is 1.63. The van der Waals surface area contributed by atoms with Crippen LogP contribution in [0.25, 0.3) is 28.2 Å². The van der Waals surface area contributed by atoms with Gasteiger partial charge in [0.25, 0.3) is 5.56 Å². The lowest BCUT2D eigenvalue weighted by molar-refractivity contribution is 0.414. The quantitative estimate of drug-likeness (QED) is 0.374. The predicted octanol–water partition coefficient (Wildman–Crippen LogP) is 3.58. The number of hydrogen-bond donors (Lipinski definition) is 0. The Hall–Kier alpha value is -4.66. The Labute approximate surface area is 199 Å². The standard InChI is InChI=1S/C26H22N4O5/c1-16-22(28-24(35-16)17-6-10-19(33-2)11-7-17)15-29-25(31)21-5-4-14-27-23(21)30(26(29)32)18-8-12-20(34-3)13-9-18/h4-14H,15H2,1-3H3. The lowest BCUT2D eigenvalue weighted by Crippen LogP contribution is -2.40. The smallest absolute Gasteiger partial charge is 0.337 e. The summed E-state index contributed by atoms with van der Waals surface area (Å²) < 4.78 is 18.8. The van der Waals surface area contributed by atoms with Crippen molar-refractivity contribution in [1.82, 2.24) is 19.1 Å². The van der Waals surface area contributed by atoms with Gasteiger partial charge in [-0.3, -0.25) is 9.36 Å². The molecule has 0 aliphatic carbocycles. The lowest BCUT2D eigenvalue weighted by atomic mass is 10.2. The van der Waals surface area contributed by atoms with E-state index in [-0.39, 0.29) is 12.2 Å². The molecule has 9 heteroatoms. The zero-order valence-electron chi connectivity index (χ0n) is 19.4. The number of pyridine rings is 1. The van der Waals surface area contributed by atoms with E-state index in [1.54, 1.807) is 63.7 Å². The molecule has 0 N–H and O–H groups in total. The van der Waals surface area contributed by atoms with Gasteiger partial charge in [-0.15, -0.1) is 0 Å². The number of fused-ring (bicyclic) bond motifs is 1. The number of hydrogen-bond acceptors (Lipinski definition) is 7. The second-order valence-electron chi connectivity index (χ2n) is 7.83. The molecule has 0 spiro atoms. The van der Waals surface area contributed by atoms with Gasteiger partial charge in [0, 0.05) is 11.8 Å². The number of nitrogens with zero attached hydrogens (tertiary/aromatic N) is 4. The van der Waals surface area contributed by atoms with Crippen LogP contribution in [0, 0.1) is 6.92 Å². The van der Waals surface area contributed by atoms with E-state index in [1.165, 1.54) is 4.57 Å². The van der Waals surface area contributed by atoms with Crippen LogP contribution in [0.4, 0.5) is 0 Å². The van der Waals surface area contributed by atoms with E-state index in [9.17, 15) is 9.59 Å². The number of oxazole rings is 1. The highest BCUT2D eigenvalue weighted by Gasteiger charge is 2.19. The van der Waals surface area contributed by atoms with Crippen molar-refractivity contribution in [3.8, 4) is 28.6 Å². The zero-order valence-corrected chi connectivity index (χ0v) is 19.4. The number of methoxy groups -OCH3 is 2. The highest BCUT2D eigenvalue weighted by molar-refractivity contribution is 5.75. The summed E-state index contributed by atoms with van der Waals surface area (Å²) in [5.74, 6) is 2.28. The molecule has 2 aromatic carbocycles. The molecule has 3 heterocycles. The van der Waals surface area contributed by atoms with Crippen LogP contribution in [0.2, 0.25) is 0 Å². The molecule has 0 aliphatic heterocycles. The molecule has 0 aliphatic rings. The molecule has 0 radical (unpaired) electrons. The molecule has 176 valence electrons. The number of rotatable bonds is 6. The molecular formula is C26H22N4O5. The zero-order chi connectivity index (χ0) is 24.5. The van der Waals surface area contributed by atoms with Crippen molar-refractivity contribution in [2.24, 2.45) is 0 Å². The van der Waals surface area contributed by atoms with Crippen LogP contribution < -0.4 is 20.7 Å². The monoisotopic (exact) mass is 470 g/mol. The SMILES string of the molecule is COc1ccc(-c2nc(Cn3c(=O)c4cccnc4n(-c4ccc(OC)cc4)c3=O)c(C)o2)cc1. The minimum atomic E-state index is -0.528. The van der Waals surface area contributed by atoms with Crippen molar-refractivity contribution < 1.29 is 13.9 Å². The van der Waals surface area contributed by atoms with Gasteiger partial charge in [-0.25, -0.2) is 19.3 Å². The van der Waals surface area contributed by atoms with Gasteiger partial charge < -0.3 is 13.9 Å². The average Bonchev–Trinajstić information content (AvgIpc) is 3.27. The number of benzene rings is 2. The molecule has 3 aromatic heterocycles. The number of aryl methyl sites for hydroxylation is 1. The van der Waals surface area contributed by atoms with Crippen molar-refractivity contribution in [3.63, 3.8) is 0 Å². The van der Waals surface area contributed by atoms with Gasteiger partial charge in [0.05, 0.1) is 31.8 Å². The summed E-state index contributed by atoms with van der Waals surface area (Å²) >= 11 is 0. The summed E-state index contributed by atoms with van der Waals surface area (Å²) in [6, 6.07) is 17.6. The van der Waals surface area contributed by atoms with Gasteiger partial charge >= 0.3 is 5.69 Å². The predicted molar refractivity (Wildman–Crippen MR) is 130 cm³/mol. The number of aromatic nitrogens is 4. The van der Waals surface area contributed by atoms with Gasteiger partial charge in [0.1, 0.15) is 23.0 Å². The molecule has 0 amide bonds. The van der Waals surface area contributed by atoms with Crippen LogP contribution in [0.1, 0.15) is 11.5 Å². The summed E-state index contributed by atoms with van der Waals surface area (Å²) in [7, 11) is 3.16. The third kappa shape index (κ3) is 3.97. The largest absolute Gasteiger partial charge is 0.497 e. The molecule has 5 aromatic rings. The highest BCUT2D eigenvalue weighted by Crippen LogP contribution is 2.24. The van der Waals surface area contributed by atoms with Crippen molar-refractivity contribution in [2.45, 2.75) is 13.5 Å². The van der Waals surface area contributed by atoms with Crippen molar-refractivity contribution >= 4 is 11.0 Å². The van der Waals surface area contributed by atoms with E-state index in [4.69, 9.17) is 13.9 Å². The molecule has 0 saturated heterocycles. The van der Waals surface area contributed by atoms with Crippen LogP contribution in [-0.2, 0) is 6.54 Å². The van der Waals surface area contributed by atoms with E-state index >= 15 is 0 Å². The minimum Gasteiger partial charge on any atom is -0.497 e. The Kier molecular flexibility index (Phi) is 5.66. The van der Waals surface area contributed by atoms with Crippen LogP contribution in [0.3, 0.4) is 0 Å². The molecule has 0 fully saturated rings. The first-order valence-corrected chi connectivity index (χ1v) is 10.9. The Morgan fingerprint density at radius 2 is 1.57 bits per heavy atom. The molecular weight excluding hydrogens is 448 g/mol. The van der Waals surface area contributed by atoms with Gasteiger partial charge in [0.15, 0.2) is 5.65 Å². The maximum Gasteiger partial charge on any atom is 0.337 e. The highest BCUT2D eigenvalue weighted by atomic mass is 16.5. The van der Waals surface area contributed by atoms with Gasteiger partial charge in [-0.2, -0.15) is 0 Å². The van der Waals surface area contributed by atoms with Crippen LogP contribution in [0.5, 0.6) is 11.5 Å². The minimum absolute atomic E-state index is 0.0514. The molecule has 0 bridgehead atoms. The first-order chi connectivity index (χ1) is 17.0. The van der Waals surface area contributed by atoms with Gasteiger partial charge in [-0.1, -0.05) is 0 Å². The first kappa shape index (κ1) is 22.1. The Morgan fingerprint density at radius 1 is 0.914 bits per heavy atom. The summed E-state index contributed by atoms with van der Waals surface area (Å²) in [6.45, 7) is 1.70. The maximum atomic E-state index is 13.6. The molecule has 9 nitrogen and oxygen atoms in total. The third-order valence-electron chi connectivity index (χ3n) is 5.76. The summed E-state index contributed by atoms with van der Waals surface area (Å²) in [6.07, 6.45) is 1.55. The first-order valence-electron chi connectivity index (χ1n) is 10.9. The normalized spacial score (nSPS) is 11.1. The molecule has 5 rings (SSSR count). The van der Waals surface area contributed by atoms with Crippen LogP contribution in [0.15, 0.2) is 80.9 Å². The fraction of sp³-hybridized carbons (Fsp3) is 0.154. The van der Waals surface area contributed by atoms with E-state index in [2.05, 4.69) is 9.97 Å². The van der Waals surface area contributed by atoms with Crippen molar-refractivity contribution in [1.29, 1.82) is 0 Å². The van der Waals surface area contributed by atoms with Crippen LogP contribution >= 0.6 is 0 Å². The fourth-order valence-corrected chi connectivity index (χ4v) is 3.87. The third-order valence-corrected chi connectivity index (χ3v) is 5.76. The van der Waals surface area contributed by atoms with Gasteiger partial charge in [0.2, 0.25) is 5.89 Å². The summed E-state index contributed by atoms with van der Waals surface area (Å²) in [5, 5.41) is 0.319. The maximum absolute atomic E-state index is 13.6. The molecule has 35 heavy (non-hydrogen) atoms. The molecule has 0 atom stereocenters. The number of ether oxygens (including phenoxy) is 2. The van der Waals surface area contributed by atoms with E-state index in [0.717, 1.165) is 10.1 Å². The average molecular weight is 470 g/mol. The topological polar surface area (TPSA) is 101 Å². The van der Waals surface area contributed by atoms with E-state index in [0.29, 0.717) is 39.9 Å².